The largest absolute Gasteiger partial charge is 0.485 e. The topological polar surface area (TPSA) is 26.3 Å². The van der Waals surface area contributed by atoms with Crippen molar-refractivity contribution in [1.82, 2.24) is 0 Å². The van der Waals surface area contributed by atoms with E-state index < -0.39 is 0 Å². The van der Waals surface area contributed by atoms with E-state index in [9.17, 15) is 4.79 Å². The van der Waals surface area contributed by atoms with Gasteiger partial charge < -0.3 is 4.74 Å². The highest BCUT2D eigenvalue weighted by molar-refractivity contribution is 5.97. The van der Waals surface area contributed by atoms with Crippen LogP contribution in [-0.4, -0.2) is 12.4 Å². The van der Waals surface area contributed by atoms with E-state index in [2.05, 4.69) is 26.0 Å². The minimum absolute atomic E-state index is 0.00315. The molecule has 0 amide bonds. The second-order valence-electron chi connectivity index (χ2n) is 4.96. The second kappa shape index (κ2) is 6.90. The summed E-state index contributed by atoms with van der Waals surface area (Å²) in [6.45, 7) is 4.45. The summed E-state index contributed by atoms with van der Waals surface area (Å²) in [5.41, 5.74) is 1.98. The molecule has 0 heterocycles. The van der Waals surface area contributed by atoms with Crippen LogP contribution in [-0.2, 0) is 0 Å². The summed E-state index contributed by atoms with van der Waals surface area (Å²) in [6.07, 6.45) is 1.12. The molecule has 0 radical (unpaired) electrons. The van der Waals surface area contributed by atoms with E-state index in [0.29, 0.717) is 11.5 Å². The molecule has 0 saturated heterocycles. The standard InChI is InChI=1S/C18H20O2/c1-3-14(2)15-9-11-17(12-10-15)20-13-18(19)16-7-5-4-6-8-16/h4-12,14H,3,13H2,1-2H3. The number of carbonyl (C=O) groups is 1. The molecular weight excluding hydrogens is 248 g/mol. The maximum Gasteiger partial charge on any atom is 0.200 e. The van der Waals surface area contributed by atoms with Crippen molar-refractivity contribution in [1.29, 1.82) is 0 Å². The van der Waals surface area contributed by atoms with Gasteiger partial charge in [-0.05, 0) is 30.0 Å². The van der Waals surface area contributed by atoms with Crippen LogP contribution in [0.5, 0.6) is 5.75 Å². The molecule has 1 unspecified atom stereocenters. The predicted molar refractivity (Wildman–Crippen MR) is 81.4 cm³/mol. The first kappa shape index (κ1) is 14.3. The normalized spacial score (nSPS) is 11.9. The Morgan fingerprint density at radius 2 is 1.70 bits per heavy atom. The molecule has 2 aromatic carbocycles. The Morgan fingerprint density at radius 3 is 2.30 bits per heavy atom. The van der Waals surface area contributed by atoms with E-state index in [4.69, 9.17) is 4.74 Å². The summed E-state index contributed by atoms with van der Waals surface area (Å²) in [6, 6.07) is 17.2. The van der Waals surface area contributed by atoms with Crippen molar-refractivity contribution < 1.29 is 9.53 Å². The van der Waals surface area contributed by atoms with Crippen LogP contribution in [0.2, 0.25) is 0 Å². The third-order valence-corrected chi connectivity index (χ3v) is 3.53. The number of rotatable bonds is 6. The number of carbonyl (C=O) groups excluding carboxylic acids is 1. The van der Waals surface area contributed by atoms with Gasteiger partial charge in [0.15, 0.2) is 12.4 Å². The quantitative estimate of drug-likeness (QED) is 0.723. The SMILES string of the molecule is CCC(C)c1ccc(OCC(=O)c2ccccc2)cc1. The van der Waals surface area contributed by atoms with E-state index >= 15 is 0 Å². The number of Topliss-reactive ketones (excluding diaryl/α,β-unsaturated/α-hetero) is 1. The zero-order valence-electron chi connectivity index (χ0n) is 12.0. The average molecular weight is 268 g/mol. The van der Waals surface area contributed by atoms with E-state index in [1.165, 1.54) is 5.56 Å². The van der Waals surface area contributed by atoms with Gasteiger partial charge in [-0.25, -0.2) is 0 Å². The Kier molecular flexibility index (Phi) is 4.94. The van der Waals surface area contributed by atoms with Crippen molar-refractivity contribution >= 4 is 5.78 Å². The van der Waals surface area contributed by atoms with Crippen LogP contribution >= 0.6 is 0 Å². The summed E-state index contributed by atoms with van der Waals surface area (Å²) >= 11 is 0. The first-order valence-corrected chi connectivity index (χ1v) is 7.01. The van der Waals surface area contributed by atoms with Gasteiger partial charge in [0, 0.05) is 5.56 Å². The molecule has 0 aliphatic carbocycles. The first-order valence-electron chi connectivity index (χ1n) is 7.01. The zero-order valence-corrected chi connectivity index (χ0v) is 12.0. The molecule has 0 bridgehead atoms. The summed E-state index contributed by atoms with van der Waals surface area (Å²) in [7, 11) is 0. The van der Waals surface area contributed by atoms with Gasteiger partial charge in [-0.15, -0.1) is 0 Å². The fourth-order valence-corrected chi connectivity index (χ4v) is 1.98. The summed E-state index contributed by atoms with van der Waals surface area (Å²) in [5.74, 6) is 1.29. The summed E-state index contributed by atoms with van der Waals surface area (Å²) in [4.78, 5) is 11.9. The monoisotopic (exact) mass is 268 g/mol. The van der Waals surface area contributed by atoms with E-state index in [0.717, 1.165) is 12.2 Å². The lowest BCUT2D eigenvalue weighted by molar-refractivity contribution is 0.0921. The van der Waals surface area contributed by atoms with Crippen LogP contribution in [0.1, 0.15) is 42.1 Å². The Hall–Kier alpha value is -2.09. The number of benzene rings is 2. The Morgan fingerprint density at radius 1 is 1.05 bits per heavy atom. The molecular formula is C18H20O2. The number of hydrogen-bond acceptors (Lipinski definition) is 2. The zero-order chi connectivity index (χ0) is 14.4. The highest BCUT2D eigenvalue weighted by atomic mass is 16.5. The van der Waals surface area contributed by atoms with Crippen molar-refractivity contribution in [2.45, 2.75) is 26.2 Å². The minimum atomic E-state index is -0.00315. The summed E-state index contributed by atoms with van der Waals surface area (Å²) < 4.78 is 5.54. The van der Waals surface area contributed by atoms with Gasteiger partial charge in [0.1, 0.15) is 5.75 Å². The highest BCUT2D eigenvalue weighted by Crippen LogP contribution is 2.21. The fourth-order valence-electron chi connectivity index (χ4n) is 1.98. The molecule has 0 saturated carbocycles. The van der Waals surface area contributed by atoms with Crippen LogP contribution in [0.25, 0.3) is 0 Å². The molecule has 2 heteroatoms. The molecule has 2 rings (SSSR count). The Balaban J connectivity index is 1.93. The fraction of sp³-hybridized carbons (Fsp3) is 0.278. The Labute approximate surface area is 120 Å². The van der Waals surface area contributed by atoms with Crippen LogP contribution in [0.4, 0.5) is 0 Å². The van der Waals surface area contributed by atoms with Crippen molar-refractivity contribution in [3.8, 4) is 5.75 Å². The first-order chi connectivity index (χ1) is 9.70. The molecule has 2 aromatic rings. The van der Waals surface area contributed by atoms with Crippen LogP contribution in [0.15, 0.2) is 54.6 Å². The van der Waals surface area contributed by atoms with Crippen molar-refractivity contribution in [2.75, 3.05) is 6.61 Å². The molecule has 104 valence electrons. The van der Waals surface area contributed by atoms with Gasteiger partial charge in [0.2, 0.25) is 0 Å². The third kappa shape index (κ3) is 3.70. The van der Waals surface area contributed by atoms with E-state index in [1.807, 2.05) is 30.3 Å². The summed E-state index contributed by atoms with van der Waals surface area (Å²) in [5, 5.41) is 0. The third-order valence-electron chi connectivity index (χ3n) is 3.53. The van der Waals surface area contributed by atoms with Crippen LogP contribution in [0, 0.1) is 0 Å². The maximum absolute atomic E-state index is 11.9. The number of ketones is 1. The molecule has 0 aromatic heterocycles. The molecule has 0 aliphatic rings. The van der Waals surface area contributed by atoms with Crippen LogP contribution in [0.3, 0.4) is 0 Å². The lowest BCUT2D eigenvalue weighted by Crippen LogP contribution is -2.11. The molecule has 1 atom stereocenters. The number of ether oxygens (including phenoxy) is 1. The van der Waals surface area contributed by atoms with Gasteiger partial charge in [-0.3, -0.25) is 4.79 Å². The lowest BCUT2D eigenvalue weighted by atomic mass is 9.99. The number of hydrogen-bond donors (Lipinski definition) is 0. The highest BCUT2D eigenvalue weighted by Gasteiger charge is 2.07. The smallest absolute Gasteiger partial charge is 0.200 e. The van der Waals surface area contributed by atoms with E-state index in [-0.39, 0.29) is 12.4 Å². The molecule has 20 heavy (non-hydrogen) atoms. The Bertz CT molecular complexity index is 543. The predicted octanol–water partition coefficient (Wildman–Crippen LogP) is 4.46. The van der Waals surface area contributed by atoms with E-state index in [1.54, 1.807) is 12.1 Å². The van der Waals surface area contributed by atoms with Gasteiger partial charge in [0.25, 0.3) is 0 Å². The van der Waals surface area contributed by atoms with Gasteiger partial charge in [-0.1, -0.05) is 56.3 Å². The van der Waals surface area contributed by atoms with Crippen LogP contribution < -0.4 is 4.74 Å². The van der Waals surface area contributed by atoms with Gasteiger partial charge in [-0.2, -0.15) is 0 Å². The lowest BCUT2D eigenvalue weighted by Gasteiger charge is -2.10. The van der Waals surface area contributed by atoms with Gasteiger partial charge >= 0.3 is 0 Å². The minimum Gasteiger partial charge on any atom is -0.485 e. The van der Waals surface area contributed by atoms with Gasteiger partial charge in [0.05, 0.1) is 0 Å². The van der Waals surface area contributed by atoms with Crippen molar-refractivity contribution in [3.63, 3.8) is 0 Å². The molecule has 0 spiro atoms. The molecule has 0 aliphatic heterocycles. The molecule has 0 fully saturated rings. The van der Waals surface area contributed by atoms with Crippen molar-refractivity contribution in [2.24, 2.45) is 0 Å². The maximum atomic E-state index is 11.9. The second-order valence-corrected chi connectivity index (χ2v) is 4.96. The van der Waals surface area contributed by atoms with Crippen molar-refractivity contribution in [3.05, 3.63) is 65.7 Å². The average Bonchev–Trinajstić information content (AvgIpc) is 2.53. The molecule has 2 nitrogen and oxygen atoms in total. The molecule has 0 N–H and O–H groups in total.